The fourth-order valence-electron chi connectivity index (χ4n) is 2.93. The van der Waals surface area contributed by atoms with Crippen molar-refractivity contribution in [2.75, 3.05) is 5.32 Å². The van der Waals surface area contributed by atoms with Crippen LogP contribution in [0.5, 0.6) is 0 Å². The molecule has 0 heterocycles. The van der Waals surface area contributed by atoms with Gasteiger partial charge in [-0.05, 0) is 61.8 Å². The molecular weight excluding hydrogens is 286 g/mol. The smallest absolute Gasteiger partial charge is 0.0375 e. The lowest BCUT2D eigenvalue weighted by atomic mass is 9.84. The average molecular weight is 310 g/mol. The molecule has 0 aromatic heterocycles. The molecule has 0 aliphatic heterocycles. The van der Waals surface area contributed by atoms with E-state index in [0.717, 1.165) is 12.3 Å². The van der Waals surface area contributed by atoms with Crippen LogP contribution in [-0.2, 0) is 6.42 Å². The Kier molecular flexibility index (Phi) is 5.11. The third-order valence-corrected chi connectivity index (χ3v) is 4.73. The van der Waals surface area contributed by atoms with Gasteiger partial charge in [-0.1, -0.05) is 36.2 Å². The molecule has 100 valence electrons. The highest BCUT2D eigenvalue weighted by Gasteiger charge is 2.20. The predicted octanol–water partition coefficient (Wildman–Crippen LogP) is 5.39. The minimum atomic E-state index is 0.680. The van der Waals surface area contributed by atoms with E-state index >= 15 is 0 Å². The van der Waals surface area contributed by atoms with Crippen LogP contribution in [-0.4, -0.2) is 6.04 Å². The molecule has 0 atom stereocenters. The van der Waals surface area contributed by atoms with Crippen molar-refractivity contribution in [3.05, 3.63) is 28.2 Å². The van der Waals surface area contributed by atoms with Gasteiger partial charge in [0.2, 0.25) is 0 Å². The third kappa shape index (κ3) is 3.50. The fraction of sp³-hybridized carbons (Fsp3) is 0.625. The van der Waals surface area contributed by atoms with Crippen LogP contribution in [0.15, 0.2) is 22.7 Å². The van der Waals surface area contributed by atoms with E-state index in [1.807, 2.05) is 0 Å². The van der Waals surface area contributed by atoms with Crippen LogP contribution in [0.4, 0.5) is 5.69 Å². The minimum absolute atomic E-state index is 0.680. The van der Waals surface area contributed by atoms with Crippen LogP contribution < -0.4 is 5.32 Å². The lowest BCUT2D eigenvalue weighted by Crippen LogP contribution is -2.26. The fourth-order valence-corrected chi connectivity index (χ4v) is 3.34. The van der Waals surface area contributed by atoms with E-state index in [1.54, 1.807) is 0 Å². The summed E-state index contributed by atoms with van der Waals surface area (Å²) in [5, 5.41) is 3.75. The second-order valence-electron chi connectivity index (χ2n) is 5.43. The number of hydrogen-bond donors (Lipinski definition) is 1. The van der Waals surface area contributed by atoms with Crippen molar-refractivity contribution in [3.8, 4) is 0 Å². The van der Waals surface area contributed by atoms with Gasteiger partial charge in [0, 0.05) is 16.2 Å². The van der Waals surface area contributed by atoms with Gasteiger partial charge < -0.3 is 5.32 Å². The van der Waals surface area contributed by atoms with E-state index in [0.29, 0.717) is 6.04 Å². The summed E-state index contributed by atoms with van der Waals surface area (Å²) in [6.07, 6.45) is 7.89. The predicted molar refractivity (Wildman–Crippen MR) is 83.2 cm³/mol. The van der Waals surface area contributed by atoms with Crippen LogP contribution in [0.3, 0.4) is 0 Å². The van der Waals surface area contributed by atoms with Gasteiger partial charge in [-0.15, -0.1) is 0 Å². The number of benzene rings is 1. The lowest BCUT2D eigenvalue weighted by Gasteiger charge is -2.29. The standard InChI is InChI=1S/C16H24BrN/c1-3-12-5-8-15(9-6-12)18-16-10-7-14(17)11-13(16)4-2/h7,10-12,15,18H,3-6,8-9H2,1-2H3. The van der Waals surface area contributed by atoms with Crippen LogP contribution in [0.2, 0.25) is 0 Å². The molecule has 1 N–H and O–H groups in total. The molecule has 0 spiro atoms. The summed E-state index contributed by atoms with van der Waals surface area (Å²) >= 11 is 3.55. The van der Waals surface area contributed by atoms with Crippen LogP contribution in [0.1, 0.15) is 51.5 Å². The number of anilines is 1. The first kappa shape index (κ1) is 13.9. The molecule has 18 heavy (non-hydrogen) atoms. The van der Waals surface area contributed by atoms with Gasteiger partial charge in [-0.3, -0.25) is 0 Å². The van der Waals surface area contributed by atoms with E-state index in [1.165, 1.54) is 47.8 Å². The zero-order chi connectivity index (χ0) is 13.0. The number of halogens is 1. The maximum Gasteiger partial charge on any atom is 0.0375 e. The zero-order valence-corrected chi connectivity index (χ0v) is 13.1. The van der Waals surface area contributed by atoms with Crippen molar-refractivity contribution < 1.29 is 0 Å². The molecule has 0 saturated heterocycles. The average Bonchev–Trinajstić information content (AvgIpc) is 2.41. The second-order valence-corrected chi connectivity index (χ2v) is 6.34. The SMILES string of the molecule is CCc1cc(Br)ccc1NC1CCC(CC)CC1. The Morgan fingerprint density at radius 2 is 1.89 bits per heavy atom. The minimum Gasteiger partial charge on any atom is -0.382 e. The van der Waals surface area contributed by atoms with Crippen molar-refractivity contribution in [1.82, 2.24) is 0 Å². The second kappa shape index (κ2) is 6.60. The topological polar surface area (TPSA) is 12.0 Å². The van der Waals surface area contributed by atoms with Crippen LogP contribution in [0, 0.1) is 5.92 Å². The maximum absolute atomic E-state index is 3.75. The van der Waals surface area contributed by atoms with Crippen LogP contribution >= 0.6 is 15.9 Å². The zero-order valence-electron chi connectivity index (χ0n) is 11.5. The number of rotatable bonds is 4. The monoisotopic (exact) mass is 309 g/mol. The molecule has 1 aromatic carbocycles. The Morgan fingerprint density at radius 1 is 1.17 bits per heavy atom. The van der Waals surface area contributed by atoms with Crippen molar-refractivity contribution in [3.63, 3.8) is 0 Å². The third-order valence-electron chi connectivity index (χ3n) is 4.23. The first-order valence-electron chi connectivity index (χ1n) is 7.27. The van der Waals surface area contributed by atoms with Gasteiger partial charge in [0.25, 0.3) is 0 Å². The summed E-state index contributed by atoms with van der Waals surface area (Å²) in [5.41, 5.74) is 2.75. The van der Waals surface area contributed by atoms with E-state index in [2.05, 4.69) is 53.3 Å². The molecule has 1 fully saturated rings. The summed E-state index contributed by atoms with van der Waals surface area (Å²) in [5.74, 6) is 0.971. The van der Waals surface area contributed by atoms with Gasteiger partial charge in [0.05, 0.1) is 0 Å². The molecule has 0 radical (unpaired) electrons. The Bertz CT molecular complexity index is 381. The molecule has 2 rings (SSSR count). The summed E-state index contributed by atoms with van der Waals surface area (Å²) in [4.78, 5) is 0. The van der Waals surface area contributed by atoms with E-state index in [-0.39, 0.29) is 0 Å². The molecule has 1 saturated carbocycles. The summed E-state index contributed by atoms with van der Waals surface area (Å²) in [7, 11) is 0. The van der Waals surface area contributed by atoms with Crippen molar-refractivity contribution in [2.24, 2.45) is 5.92 Å². The summed E-state index contributed by atoms with van der Waals surface area (Å²) < 4.78 is 1.18. The summed E-state index contributed by atoms with van der Waals surface area (Å²) in [6, 6.07) is 7.27. The molecule has 0 unspecified atom stereocenters. The van der Waals surface area contributed by atoms with Crippen LogP contribution in [0.25, 0.3) is 0 Å². The number of hydrogen-bond acceptors (Lipinski definition) is 1. The summed E-state index contributed by atoms with van der Waals surface area (Å²) in [6.45, 7) is 4.54. The first-order chi connectivity index (χ1) is 8.72. The Labute approximate surface area is 119 Å². The van der Waals surface area contributed by atoms with Gasteiger partial charge in [0.15, 0.2) is 0 Å². The molecule has 0 amide bonds. The highest BCUT2D eigenvalue weighted by Crippen LogP contribution is 2.30. The molecule has 1 aromatic rings. The largest absolute Gasteiger partial charge is 0.382 e. The Hall–Kier alpha value is -0.500. The normalized spacial score (nSPS) is 23.9. The first-order valence-corrected chi connectivity index (χ1v) is 8.07. The Morgan fingerprint density at radius 3 is 2.50 bits per heavy atom. The van der Waals surface area contributed by atoms with Gasteiger partial charge >= 0.3 is 0 Å². The lowest BCUT2D eigenvalue weighted by molar-refractivity contribution is 0.330. The molecule has 1 nitrogen and oxygen atoms in total. The van der Waals surface area contributed by atoms with Gasteiger partial charge in [-0.25, -0.2) is 0 Å². The quantitative estimate of drug-likeness (QED) is 0.786. The van der Waals surface area contributed by atoms with E-state index in [4.69, 9.17) is 0 Å². The van der Waals surface area contributed by atoms with Gasteiger partial charge in [-0.2, -0.15) is 0 Å². The van der Waals surface area contributed by atoms with Crippen molar-refractivity contribution in [1.29, 1.82) is 0 Å². The Balaban J connectivity index is 1.97. The molecule has 1 aliphatic rings. The van der Waals surface area contributed by atoms with Crippen molar-refractivity contribution >= 4 is 21.6 Å². The number of nitrogens with one attached hydrogen (secondary N) is 1. The molecule has 0 bridgehead atoms. The highest BCUT2D eigenvalue weighted by molar-refractivity contribution is 9.10. The van der Waals surface area contributed by atoms with Gasteiger partial charge in [0.1, 0.15) is 0 Å². The van der Waals surface area contributed by atoms with E-state index in [9.17, 15) is 0 Å². The highest BCUT2D eigenvalue weighted by atomic mass is 79.9. The molecule has 1 aliphatic carbocycles. The molecule has 2 heteroatoms. The number of aryl methyl sites for hydroxylation is 1. The van der Waals surface area contributed by atoms with E-state index < -0.39 is 0 Å². The maximum atomic E-state index is 3.75. The van der Waals surface area contributed by atoms with Crippen molar-refractivity contribution in [2.45, 2.75) is 58.4 Å². The molecular formula is C16H24BrN.